The molecule has 0 radical (unpaired) electrons. The molecule has 3 rings (SSSR count). The fourth-order valence-corrected chi connectivity index (χ4v) is 2.53. The van der Waals surface area contributed by atoms with Gasteiger partial charge in [0.15, 0.2) is 16.6 Å². The molecular formula is C13H13N7OS. The minimum Gasteiger partial charge on any atom is -0.382 e. The highest BCUT2D eigenvalue weighted by atomic mass is 32.2. The van der Waals surface area contributed by atoms with E-state index in [4.69, 9.17) is 5.73 Å². The van der Waals surface area contributed by atoms with Gasteiger partial charge in [-0.25, -0.2) is 15.0 Å². The average Bonchev–Trinajstić information content (AvgIpc) is 2.97. The first-order valence-electron chi connectivity index (χ1n) is 6.51. The van der Waals surface area contributed by atoms with Gasteiger partial charge in [-0.15, -0.1) is 0 Å². The molecule has 0 bridgehead atoms. The van der Waals surface area contributed by atoms with Crippen molar-refractivity contribution in [1.29, 1.82) is 0 Å². The third kappa shape index (κ3) is 3.14. The highest BCUT2D eigenvalue weighted by molar-refractivity contribution is 7.99. The minimum absolute atomic E-state index is 0.145. The van der Waals surface area contributed by atoms with Crippen molar-refractivity contribution in [2.45, 2.75) is 5.16 Å². The van der Waals surface area contributed by atoms with Gasteiger partial charge in [-0.05, 0) is 12.1 Å². The van der Waals surface area contributed by atoms with Crippen LogP contribution in [0.4, 0.5) is 5.82 Å². The van der Waals surface area contributed by atoms with Crippen LogP contribution < -0.4 is 11.1 Å². The molecule has 0 saturated carbocycles. The molecule has 0 saturated heterocycles. The summed E-state index contributed by atoms with van der Waals surface area (Å²) in [4.78, 5) is 31.0. The van der Waals surface area contributed by atoms with E-state index in [9.17, 15) is 4.79 Å². The average molecular weight is 315 g/mol. The van der Waals surface area contributed by atoms with Crippen LogP contribution in [0.1, 0.15) is 10.4 Å². The van der Waals surface area contributed by atoms with Crippen LogP contribution in [0, 0.1) is 0 Å². The van der Waals surface area contributed by atoms with Gasteiger partial charge < -0.3 is 16.0 Å². The van der Waals surface area contributed by atoms with E-state index in [2.05, 4.69) is 30.2 Å². The standard InChI is InChI=1S/C13H13N7OS/c14-10-9-11(18-7-17-10)20-13(19-9)22-5-4-16-12(21)8-2-1-3-15-6-8/h1-3,6-7H,4-5H2,(H,16,21)(H3,14,17,18,19,20). The Kier molecular flexibility index (Phi) is 4.15. The predicted octanol–water partition coefficient (Wildman–Crippen LogP) is 0.852. The van der Waals surface area contributed by atoms with Crippen LogP contribution in [0.5, 0.6) is 0 Å². The number of hydrogen-bond acceptors (Lipinski definition) is 7. The molecule has 3 aromatic heterocycles. The molecule has 0 unspecified atom stereocenters. The van der Waals surface area contributed by atoms with Crippen molar-refractivity contribution in [1.82, 2.24) is 30.2 Å². The molecule has 3 heterocycles. The first kappa shape index (κ1) is 14.3. The zero-order valence-electron chi connectivity index (χ0n) is 11.5. The summed E-state index contributed by atoms with van der Waals surface area (Å²) in [6, 6.07) is 3.44. The Morgan fingerprint density at radius 3 is 3.09 bits per heavy atom. The number of nitrogens with two attached hydrogens (primary N) is 1. The maximum Gasteiger partial charge on any atom is 0.252 e. The number of nitrogens with one attached hydrogen (secondary N) is 2. The van der Waals surface area contributed by atoms with Gasteiger partial charge in [0.2, 0.25) is 0 Å². The Bertz CT molecular complexity index is 789. The number of hydrogen-bond donors (Lipinski definition) is 3. The van der Waals surface area contributed by atoms with Crippen molar-refractivity contribution in [2.24, 2.45) is 0 Å². The second-order valence-electron chi connectivity index (χ2n) is 4.35. The normalized spacial score (nSPS) is 10.7. The molecule has 0 spiro atoms. The van der Waals surface area contributed by atoms with Crippen LogP contribution in [0.25, 0.3) is 11.2 Å². The van der Waals surface area contributed by atoms with Crippen molar-refractivity contribution >= 4 is 34.7 Å². The smallest absolute Gasteiger partial charge is 0.252 e. The molecule has 0 aliphatic rings. The topological polar surface area (TPSA) is 122 Å². The summed E-state index contributed by atoms with van der Waals surface area (Å²) in [6.07, 6.45) is 4.53. The van der Waals surface area contributed by atoms with Crippen LogP contribution in [-0.4, -0.2) is 43.1 Å². The quantitative estimate of drug-likeness (QED) is 0.471. The van der Waals surface area contributed by atoms with Crippen molar-refractivity contribution in [3.63, 3.8) is 0 Å². The predicted molar refractivity (Wildman–Crippen MR) is 83.4 cm³/mol. The summed E-state index contributed by atoms with van der Waals surface area (Å²) in [6.45, 7) is 0.511. The van der Waals surface area contributed by atoms with Crippen molar-refractivity contribution in [3.8, 4) is 0 Å². The second kappa shape index (κ2) is 6.39. The number of thioether (sulfide) groups is 1. The highest BCUT2D eigenvalue weighted by Crippen LogP contribution is 2.19. The van der Waals surface area contributed by atoms with Crippen LogP contribution >= 0.6 is 11.8 Å². The fourth-order valence-electron chi connectivity index (χ4n) is 1.80. The van der Waals surface area contributed by atoms with Crippen molar-refractivity contribution < 1.29 is 4.79 Å². The van der Waals surface area contributed by atoms with E-state index < -0.39 is 0 Å². The van der Waals surface area contributed by atoms with E-state index in [-0.39, 0.29) is 5.91 Å². The van der Waals surface area contributed by atoms with E-state index >= 15 is 0 Å². The van der Waals surface area contributed by atoms with Crippen LogP contribution in [0.3, 0.4) is 0 Å². The van der Waals surface area contributed by atoms with E-state index in [1.54, 1.807) is 18.3 Å². The Morgan fingerprint density at radius 2 is 2.32 bits per heavy atom. The minimum atomic E-state index is -0.145. The highest BCUT2D eigenvalue weighted by Gasteiger charge is 2.08. The number of carbonyl (C=O) groups is 1. The molecule has 0 aliphatic heterocycles. The first-order chi connectivity index (χ1) is 10.7. The number of nitrogens with zero attached hydrogens (tertiary/aromatic N) is 4. The van der Waals surface area contributed by atoms with E-state index in [1.165, 1.54) is 24.3 Å². The van der Waals surface area contributed by atoms with Gasteiger partial charge in [0, 0.05) is 24.7 Å². The SMILES string of the molecule is Nc1ncnc2nc(SCCNC(=O)c3cccnc3)[nH]c12. The number of carbonyl (C=O) groups excluding carboxylic acids is 1. The molecule has 0 aromatic carbocycles. The lowest BCUT2D eigenvalue weighted by Gasteiger charge is -2.03. The summed E-state index contributed by atoms with van der Waals surface area (Å²) >= 11 is 1.47. The fraction of sp³-hybridized carbons (Fsp3) is 0.154. The summed E-state index contributed by atoms with van der Waals surface area (Å²) in [5.74, 6) is 0.891. The molecule has 22 heavy (non-hydrogen) atoms. The first-order valence-corrected chi connectivity index (χ1v) is 7.50. The van der Waals surface area contributed by atoms with E-state index in [1.807, 2.05) is 0 Å². The van der Waals surface area contributed by atoms with Gasteiger partial charge in [0.25, 0.3) is 5.91 Å². The molecule has 0 fully saturated rings. The lowest BCUT2D eigenvalue weighted by molar-refractivity contribution is 0.0956. The number of pyridine rings is 1. The van der Waals surface area contributed by atoms with Gasteiger partial charge in [-0.2, -0.15) is 0 Å². The van der Waals surface area contributed by atoms with Crippen LogP contribution in [0.2, 0.25) is 0 Å². The zero-order valence-corrected chi connectivity index (χ0v) is 12.3. The number of fused-ring (bicyclic) bond motifs is 1. The third-order valence-corrected chi connectivity index (χ3v) is 3.72. The summed E-state index contributed by atoms with van der Waals surface area (Å²) in [7, 11) is 0. The monoisotopic (exact) mass is 315 g/mol. The number of rotatable bonds is 5. The summed E-state index contributed by atoms with van der Waals surface area (Å²) in [5, 5.41) is 3.51. The molecule has 3 aromatic rings. The number of aromatic amines is 1. The lowest BCUT2D eigenvalue weighted by atomic mass is 10.3. The van der Waals surface area contributed by atoms with Gasteiger partial charge in [0.05, 0.1) is 5.56 Å². The van der Waals surface area contributed by atoms with Gasteiger partial charge in [-0.3, -0.25) is 9.78 Å². The molecule has 8 nitrogen and oxygen atoms in total. The van der Waals surface area contributed by atoms with Crippen molar-refractivity contribution in [3.05, 3.63) is 36.4 Å². The number of aromatic nitrogens is 5. The molecule has 1 amide bonds. The van der Waals surface area contributed by atoms with Crippen LogP contribution in [-0.2, 0) is 0 Å². The summed E-state index contributed by atoms with van der Waals surface area (Å²) in [5.41, 5.74) is 7.44. The van der Waals surface area contributed by atoms with E-state index in [0.29, 0.717) is 40.0 Å². The lowest BCUT2D eigenvalue weighted by Crippen LogP contribution is -2.25. The molecular weight excluding hydrogens is 302 g/mol. The molecule has 0 aliphatic carbocycles. The number of amides is 1. The Morgan fingerprint density at radius 1 is 1.41 bits per heavy atom. The Labute approximate surface area is 130 Å². The number of H-pyrrole nitrogens is 1. The number of anilines is 1. The molecule has 4 N–H and O–H groups in total. The van der Waals surface area contributed by atoms with Gasteiger partial charge in [0.1, 0.15) is 11.8 Å². The molecule has 112 valence electrons. The van der Waals surface area contributed by atoms with Crippen LogP contribution in [0.15, 0.2) is 36.0 Å². The summed E-state index contributed by atoms with van der Waals surface area (Å²) < 4.78 is 0. The molecule has 0 atom stereocenters. The second-order valence-corrected chi connectivity index (χ2v) is 5.43. The van der Waals surface area contributed by atoms with E-state index in [0.717, 1.165) is 0 Å². The number of nitrogen functional groups attached to an aromatic ring is 1. The Hall–Kier alpha value is -2.68. The number of imidazole rings is 1. The Balaban J connectivity index is 1.52. The van der Waals surface area contributed by atoms with Gasteiger partial charge >= 0.3 is 0 Å². The molecule has 9 heteroatoms. The zero-order chi connectivity index (χ0) is 15.4. The third-order valence-electron chi connectivity index (χ3n) is 2.85. The van der Waals surface area contributed by atoms with Gasteiger partial charge in [-0.1, -0.05) is 11.8 Å². The maximum atomic E-state index is 11.8. The maximum absolute atomic E-state index is 11.8. The largest absolute Gasteiger partial charge is 0.382 e. The van der Waals surface area contributed by atoms with Crippen molar-refractivity contribution in [2.75, 3.05) is 18.0 Å².